The SMILES string of the molecule is COC(C)(C)CNc1ccccc1N. The van der Waals surface area contributed by atoms with Crippen molar-refractivity contribution in [1.82, 2.24) is 0 Å². The summed E-state index contributed by atoms with van der Waals surface area (Å²) in [6.45, 7) is 4.79. The van der Waals surface area contributed by atoms with Gasteiger partial charge in [0.2, 0.25) is 0 Å². The first-order valence-corrected chi connectivity index (χ1v) is 4.69. The molecule has 0 aliphatic carbocycles. The molecule has 0 unspecified atom stereocenters. The van der Waals surface area contributed by atoms with Crippen molar-refractivity contribution in [3.8, 4) is 0 Å². The molecule has 14 heavy (non-hydrogen) atoms. The van der Waals surface area contributed by atoms with E-state index in [1.807, 2.05) is 38.1 Å². The smallest absolute Gasteiger partial charge is 0.0794 e. The van der Waals surface area contributed by atoms with E-state index in [1.165, 1.54) is 0 Å². The summed E-state index contributed by atoms with van der Waals surface area (Å²) in [5, 5.41) is 3.25. The summed E-state index contributed by atoms with van der Waals surface area (Å²) >= 11 is 0. The van der Waals surface area contributed by atoms with Gasteiger partial charge in [0.25, 0.3) is 0 Å². The minimum absolute atomic E-state index is 0.178. The highest BCUT2D eigenvalue weighted by Gasteiger charge is 2.15. The number of para-hydroxylation sites is 2. The third kappa shape index (κ3) is 2.92. The van der Waals surface area contributed by atoms with Gasteiger partial charge in [0.1, 0.15) is 0 Å². The highest BCUT2D eigenvalue weighted by Crippen LogP contribution is 2.18. The zero-order valence-corrected chi connectivity index (χ0v) is 9.00. The molecule has 1 aromatic rings. The maximum atomic E-state index is 5.79. The lowest BCUT2D eigenvalue weighted by Crippen LogP contribution is -2.32. The van der Waals surface area contributed by atoms with E-state index in [-0.39, 0.29) is 5.60 Å². The average Bonchev–Trinajstić information content (AvgIpc) is 2.17. The summed E-state index contributed by atoms with van der Waals surface area (Å²) in [4.78, 5) is 0. The van der Waals surface area contributed by atoms with Crippen molar-refractivity contribution in [3.63, 3.8) is 0 Å². The van der Waals surface area contributed by atoms with Gasteiger partial charge in [-0.25, -0.2) is 0 Å². The van der Waals surface area contributed by atoms with Gasteiger partial charge in [-0.3, -0.25) is 0 Å². The first-order chi connectivity index (χ1) is 6.55. The molecular formula is C11H18N2O. The van der Waals surface area contributed by atoms with Crippen molar-refractivity contribution in [2.45, 2.75) is 19.4 Å². The highest BCUT2D eigenvalue weighted by atomic mass is 16.5. The van der Waals surface area contributed by atoms with E-state index in [2.05, 4.69) is 5.32 Å². The molecule has 1 rings (SSSR count). The number of nitrogen functional groups attached to an aromatic ring is 1. The number of hydrogen-bond acceptors (Lipinski definition) is 3. The van der Waals surface area contributed by atoms with Crippen LogP contribution >= 0.6 is 0 Å². The van der Waals surface area contributed by atoms with Gasteiger partial charge in [0.05, 0.1) is 17.0 Å². The highest BCUT2D eigenvalue weighted by molar-refractivity contribution is 5.65. The van der Waals surface area contributed by atoms with Gasteiger partial charge in [-0.15, -0.1) is 0 Å². The number of rotatable bonds is 4. The van der Waals surface area contributed by atoms with E-state index in [1.54, 1.807) is 7.11 Å². The fraction of sp³-hybridized carbons (Fsp3) is 0.455. The molecule has 0 saturated heterocycles. The second kappa shape index (κ2) is 4.33. The van der Waals surface area contributed by atoms with Gasteiger partial charge >= 0.3 is 0 Å². The number of ether oxygens (including phenoxy) is 1. The van der Waals surface area contributed by atoms with Crippen LogP contribution in [0.4, 0.5) is 11.4 Å². The van der Waals surface area contributed by atoms with Gasteiger partial charge in [0.15, 0.2) is 0 Å². The minimum Gasteiger partial charge on any atom is -0.397 e. The van der Waals surface area contributed by atoms with Crippen molar-refractivity contribution >= 4 is 11.4 Å². The zero-order valence-electron chi connectivity index (χ0n) is 9.00. The summed E-state index contributed by atoms with van der Waals surface area (Å²) in [6.07, 6.45) is 0. The molecule has 0 amide bonds. The number of nitrogens with one attached hydrogen (secondary N) is 1. The van der Waals surface area contributed by atoms with Crippen molar-refractivity contribution < 1.29 is 4.74 Å². The molecule has 3 nitrogen and oxygen atoms in total. The summed E-state index contributed by atoms with van der Waals surface area (Å²) in [7, 11) is 1.70. The first-order valence-electron chi connectivity index (χ1n) is 4.69. The van der Waals surface area contributed by atoms with E-state index >= 15 is 0 Å². The second-order valence-electron chi connectivity index (χ2n) is 3.90. The molecule has 0 fully saturated rings. The Labute approximate surface area is 85.3 Å². The van der Waals surface area contributed by atoms with E-state index in [0.717, 1.165) is 17.9 Å². The predicted molar refractivity (Wildman–Crippen MR) is 60.4 cm³/mol. The molecule has 0 bridgehead atoms. The Balaban J connectivity index is 2.58. The molecule has 0 spiro atoms. The maximum absolute atomic E-state index is 5.79. The van der Waals surface area contributed by atoms with Gasteiger partial charge < -0.3 is 15.8 Å². The van der Waals surface area contributed by atoms with Crippen LogP contribution in [0, 0.1) is 0 Å². The Morgan fingerprint density at radius 3 is 2.57 bits per heavy atom. The van der Waals surface area contributed by atoms with Crippen LogP contribution in [0.25, 0.3) is 0 Å². The van der Waals surface area contributed by atoms with Crippen molar-refractivity contribution in [2.75, 3.05) is 24.7 Å². The van der Waals surface area contributed by atoms with Crippen LogP contribution < -0.4 is 11.1 Å². The van der Waals surface area contributed by atoms with E-state index in [4.69, 9.17) is 10.5 Å². The Kier molecular flexibility index (Phi) is 3.36. The molecule has 0 heterocycles. The fourth-order valence-corrected chi connectivity index (χ4v) is 1.04. The largest absolute Gasteiger partial charge is 0.397 e. The molecular weight excluding hydrogens is 176 g/mol. The topological polar surface area (TPSA) is 47.3 Å². The van der Waals surface area contributed by atoms with Crippen LogP contribution in [0.1, 0.15) is 13.8 Å². The first kappa shape index (κ1) is 10.9. The normalized spacial score (nSPS) is 11.4. The zero-order chi connectivity index (χ0) is 10.6. The Bertz CT molecular complexity index is 297. The molecule has 0 radical (unpaired) electrons. The average molecular weight is 194 g/mol. The van der Waals surface area contributed by atoms with Crippen LogP contribution in [0.5, 0.6) is 0 Å². The van der Waals surface area contributed by atoms with Crippen LogP contribution in [-0.4, -0.2) is 19.3 Å². The van der Waals surface area contributed by atoms with Crippen LogP contribution in [0.15, 0.2) is 24.3 Å². The molecule has 0 saturated carbocycles. The van der Waals surface area contributed by atoms with E-state index < -0.39 is 0 Å². The molecule has 0 aliphatic rings. The van der Waals surface area contributed by atoms with Crippen molar-refractivity contribution in [3.05, 3.63) is 24.3 Å². The molecule has 0 atom stereocenters. The predicted octanol–water partition coefficient (Wildman–Crippen LogP) is 2.11. The number of methoxy groups -OCH3 is 1. The standard InChI is InChI=1S/C11H18N2O/c1-11(2,14-3)8-13-10-7-5-4-6-9(10)12/h4-7,13H,8,12H2,1-3H3. The quantitative estimate of drug-likeness (QED) is 0.722. The summed E-state index contributed by atoms with van der Waals surface area (Å²) in [5.74, 6) is 0. The molecule has 0 aromatic heterocycles. The van der Waals surface area contributed by atoms with Crippen LogP contribution in [-0.2, 0) is 4.74 Å². The number of benzene rings is 1. The van der Waals surface area contributed by atoms with E-state index in [0.29, 0.717) is 0 Å². The monoisotopic (exact) mass is 194 g/mol. The Morgan fingerprint density at radius 2 is 2.00 bits per heavy atom. The third-order valence-electron chi connectivity index (χ3n) is 2.22. The van der Waals surface area contributed by atoms with Gasteiger partial charge in [-0.2, -0.15) is 0 Å². The lowest BCUT2D eigenvalue weighted by atomic mass is 10.1. The lowest BCUT2D eigenvalue weighted by molar-refractivity contribution is 0.0344. The second-order valence-corrected chi connectivity index (χ2v) is 3.90. The molecule has 3 heteroatoms. The lowest BCUT2D eigenvalue weighted by Gasteiger charge is -2.24. The summed E-state index contributed by atoms with van der Waals surface area (Å²) < 4.78 is 5.30. The summed E-state index contributed by atoms with van der Waals surface area (Å²) in [5.41, 5.74) is 7.33. The van der Waals surface area contributed by atoms with Gasteiger partial charge in [-0.05, 0) is 26.0 Å². The van der Waals surface area contributed by atoms with Gasteiger partial charge in [0, 0.05) is 13.7 Å². The fourth-order valence-electron chi connectivity index (χ4n) is 1.04. The number of hydrogen-bond donors (Lipinski definition) is 2. The molecule has 78 valence electrons. The summed E-state index contributed by atoms with van der Waals surface area (Å²) in [6, 6.07) is 7.71. The van der Waals surface area contributed by atoms with Crippen LogP contribution in [0.2, 0.25) is 0 Å². The van der Waals surface area contributed by atoms with Crippen molar-refractivity contribution in [1.29, 1.82) is 0 Å². The van der Waals surface area contributed by atoms with Crippen molar-refractivity contribution in [2.24, 2.45) is 0 Å². The van der Waals surface area contributed by atoms with E-state index in [9.17, 15) is 0 Å². The number of anilines is 2. The number of nitrogens with two attached hydrogens (primary N) is 1. The maximum Gasteiger partial charge on any atom is 0.0794 e. The van der Waals surface area contributed by atoms with Crippen LogP contribution in [0.3, 0.4) is 0 Å². The minimum atomic E-state index is -0.178. The Hall–Kier alpha value is -1.22. The molecule has 3 N–H and O–H groups in total. The third-order valence-corrected chi connectivity index (χ3v) is 2.22. The molecule has 0 aliphatic heterocycles. The molecule has 1 aromatic carbocycles. The van der Waals surface area contributed by atoms with Gasteiger partial charge in [-0.1, -0.05) is 12.1 Å². The Morgan fingerprint density at radius 1 is 1.36 bits per heavy atom.